The van der Waals surface area contributed by atoms with Crippen LogP contribution in [-0.2, 0) is 37.8 Å². The number of fused-ring (bicyclic) bond motifs is 2. The predicted octanol–water partition coefficient (Wildman–Crippen LogP) is 7.04. The molecule has 7 rings (SSSR count). The molecular weight excluding hydrogens is 595 g/mol. The van der Waals surface area contributed by atoms with E-state index in [4.69, 9.17) is 9.72 Å². The summed E-state index contributed by atoms with van der Waals surface area (Å²) in [5.41, 5.74) is 7.40. The largest absolute Gasteiger partial charge is 0.444 e. The van der Waals surface area contributed by atoms with Crippen molar-refractivity contribution in [1.82, 2.24) is 29.1 Å². The second kappa shape index (κ2) is 11.6. The third-order valence-corrected chi connectivity index (χ3v) is 9.46. The summed E-state index contributed by atoms with van der Waals surface area (Å²) < 4.78 is 26.8. The molecule has 4 aromatic rings. The molecule has 246 valence electrons. The third-order valence-electron chi connectivity index (χ3n) is 9.46. The number of aryl methyl sites for hydroxylation is 3. The van der Waals surface area contributed by atoms with Gasteiger partial charge < -0.3 is 19.1 Å². The minimum absolute atomic E-state index is 0.147. The summed E-state index contributed by atoms with van der Waals surface area (Å²) in [6.45, 7) is 11.9. The van der Waals surface area contributed by atoms with Crippen molar-refractivity contribution in [2.75, 3.05) is 13.1 Å². The summed E-state index contributed by atoms with van der Waals surface area (Å²) in [6.07, 6.45) is 6.93. The average molecular weight is 639 g/mol. The number of carbonyl (C=O) groups excluding carboxylic acids is 2. The van der Waals surface area contributed by atoms with Crippen molar-refractivity contribution in [2.24, 2.45) is 13.0 Å². The molecule has 9 nitrogen and oxygen atoms in total. The smallest absolute Gasteiger partial charge is 0.410 e. The SMILES string of the molecule is CCc1nc(C)ccc1-c1cc(C(=O)N2Cc3cnn(C)c3C2)cc2c(F)c(C3=CCCN(C(=O)OC(C)(C)C)C3)n(CC3CC3)c12. The Labute approximate surface area is 275 Å². The lowest BCUT2D eigenvalue weighted by atomic mass is 9.96. The molecular formula is C37H43FN6O3. The number of ether oxygens (including phenoxy) is 1. The normalized spacial score (nSPS) is 16.5. The van der Waals surface area contributed by atoms with Gasteiger partial charge in [0.25, 0.3) is 5.91 Å². The summed E-state index contributed by atoms with van der Waals surface area (Å²) in [7, 11) is 1.89. The van der Waals surface area contributed by atoms with Crippen molar-refractivity contribution in [2.45, 2.75) is 85.5 Å². The van der Waals surface area contributed by atoms with Gasteiger partial charge in [-0.15, -0.1) is 0 Å². The van der Waals surface area contributed by atoms with Crippen LogP contribution in [0.5, 0.6) is 0 Å². The Balaban J connectivity index is 1.39. The zero-order valence-electron chi connectivity index (χ0n) is 28.2. The molecule has 0 saturated heterocycles. The van der Waals surface area contributed by atoms with Crippen molar-refractivity contribution >= 4 is 28.5 Å². The lowest BCUT2D eigenvalue weighted by Crippen LogP contribution is -2.40. The van der Waals surface area contributed by atoms with Gasteiger partial charge in [0, 0.05) is 65.7 Å². The first-order valence-electron chi connectivity index (χ1n) is 16.7. The molecule has 1 fully saturated rings. The van der Waals surface area contributed by atoms with Gasteiger partial charge in [0.2, 0.25) is 0 Å². The summed E-state index contributed by atoms with van der Waals surface area (Å²) in [5.74, 6) is -0.0604. The van der Waals surface area contributed by atoms with E-state index in [0.29, 0.717) is 61.6 Å². The summed E-state index contributed by atoms with van der Waals surface area (Å²) >= 11 is 0. The van der Waals surface area contributed by atoms with E-state index in [-0.39, 0.29) is 18.3 Å². The van der Waals surface area contributed by atoms with Crippen molar-refractivity contribution in [3.8, 4) is 11.1 Å². The maximum absolute atomic E-state index is 17.2. The van der Waals surface area contributed by atoms with Gasteiger partial charge in [0.1, 0.15) is 5.60 Å². The molecule has 2 amide bonds. The number of hydrogen-bond acceptors (Lipinski definition) is 5. The minimum Gasteiger partial charge on any atom is -0.444 e. The average Bonchev–Trinajstić information content (AvgIpc) is 3.54. The maximum Gasteiger partial charge on any atom is 0.410 e. The molecule has 10 heteroatoms. The molecule has 0 unspecified atom stereocenters. The van der Waals surface area contributed by atoms with E-state index in [1.807, 2.05) is 63.8 Å². The Kier molecular flexibility index (Phi) is 7.72. The zero-order valence-corrected chi connectivity index (χ0v) is 28.2. The van der Waals surface area contributed by atoms with E-state index < -0.39 is 11.7 Å². The highest BCUT2D eigenvalue weighted by molar-refractivity contribution is 6.05. The first-order valence-corrected chi connectivity index (χ1v) is 16.7. The van der Waals surface area contributed by atoms with Gasteiger partial charge in [-0.05, 0) is 83.1 Å². The number of benzene rings is 1. The number of hydrogen-bond donors (Lipinski definition) is 0. The molecule has 1 saturated carbocycles. The number of halogens is 1. The molecule has 3 aromatic heterocycles. The van der Waals surface area contributed by atoms with Crippen molar-refractivity contribution < 1.29 is 18.7 Å². The lowest BCUT2D eigenvalue weighted by molar-refractivity contribution is 0.0272. The van der Waals surface area contributed by atoms with Crippen LogP contribution in [0.4, 0.5) is 9.18 Å². The van der Waals surface area contributed by atoms with Gasteiger partial charge in [-0.3, -0.25) is 14.5 Å². The molecule has 0 N–H and O–H groups in total. The zero-order chi connectivity index (χ0) is 33.2. The van der Waals surface area contributed by atoms with Gasteiger partial charge in [0.15, 0.2) is 5.82 Å². The van der Waals surface area contributed by atoms with E-state index in [1.54, 1.807) is 15.9 Å². The fourth-order valence-electron chi connectivity index (χ4n) is 6.97. The lowest BCUT2D eigenvalue weighted by Gasteiger charge is -2.30. The summed E-state index contributed by atoms with van der Waals surface area (Å²) in [6, 6.07) is 7.70. The molecule has 0 spiro atoms. The third kappa shape index (κ3) is 5.83. The Morgan fingerprint density at radius 3 is 2.55 bits per heavy atom. The predicted molar refractivity (Wildman–Crippen MR) is 179 cm³/mol. The molecule has 0 atom stereocenters. The molecule has 3 aliphatic rings. The summed E-state index contributed by atoms with van der Waals surface area (Å²) in [5, 5.41) is 4.75. The van der Waals surface area contributed by atoms with Crippen molar-refractivity contribution in [3.63, 3.8) is 0 Å². The quantitative estimate of drug-likeness (QED) is 0.226. The molecule has 2 aliphatic heterocycles. The monoisotopic (exact) mass is 638 g/mol. The Morgan fingerprint density at radius 2 is 1.85 bits per heavy atom. The molecule has 1 aliphatic carbocycles. The van der Waals surface area contributed by atoms with Crippen LogP contribution in [0.2, 0.25) is 0 Å². The number of carbonyl (C=O) groups is 2. The molecule has 5 heterocycles. The van der Waals surface area contributed by atoms with Gasteiger partial charge in [0.05, 0.1) is 36.2 Å². The van der Waals surface area contributed by atoms with Crippen LogP contribution in [0.1, 0.15) is 85.7 Å². The number of aromatic nitrogens is 4. The van der Waals surface area contributed by atoms with Crippen molar-refractivity contribution in [3.05, 3.63) is 76.3 Å². The van der Waals surface area contributed by atoms with Crippen LogP contribution in [0, 0.1) is 18.7 Å². The topological polar surface area (TPSA) is 85.5 Å². The van der Waals surface area contributed by atoms with Crippen molar-refractivity contribution in [1.29, 1.82) is 0 Å². The maximum atomic E-state index is 17.2. The van der Waals surface area contributed by atoms with Gasteiger partial charge in [-0.25, -0.2) is 9.18 Å². The molecule has 1 aromatic carbocycles. The number of amides is 2. The fourth-order valence-corrected chi connectivity index (χ4v) is 6.97. The van der Waals surface area contributed by atoms with Gasteiger partial charge in [-0.2, -0.15) is 5.10 Å². The van der Waals surface area contributed by atoms with E-state index in [1.165, 1.54) is 0 Å². The highest BCUT2D eigenvalue weighted by Crippen LogP contribution is 2.42. The van der Waals surface area contributed by atoms with Crippen LogP contribution in [0.25, 0.3) is 27.6 Å². The Morgan fingerprint density at radius 1 is 1.06 bits per heavy atom. The number of rotatable bonds is 6. The van der Waals surface area contributed by atoms with Gasteiger partial charge >= 0.3 is 6.09 Å². The number of pyridine rings is 1. The Hall–Kier alpha value is -4.47. The molecule has 0 radical (unpaired) electrons. The Bertz CT molecular complexity index is 1940. The van der Waals surface area contributed by atoms with E-state index in [2.05, 4.69) is 22.7 Å². The van der Waals surface area contributed by atoms with Gasteiger partial charge in [-0.1, -0.05) is 19.1 Å². The second-order valence-electron chi connectivity index (χ2n) is 14.3. The highest BCUT2D eigenvalue weighted by Gasteiger charge is 2.34. The molecule has 0 bridgehead atoms. The van der Waals surface area contributed by atoms with Crippen LogP contribution in [-0.4, -0.2) is 59.8 Å². The second-order valence-corrected chi connectivity index (χ2v) is 14.3. The number of nitrogens with zero attached hydrogens (tertiary/aromatic N) is 6. The first kappa shape index (κ1) is 31.1. The van der Waals surface area contributed by atoms with E-state index >= 15 is 4.39 Å². The van der Waals surface area contributed by atoms with E-state index in [9.17, 15) is 9.59 Å². The van der Waals surface area contributed by atoms with Crippen LogP contribution in [0.15, 0.2) is 36.5 Å². The van der Waals surface area contributed by atoms with E-state index in [0.717, 1.165) is 57.7 Å². The van der Waals surface area contributed by atoms with Crippen LogP contribution >= 0.6 is 0 Å². The van der Waals surface area contributed by atoms with Crippen LogP contribution in [0.3, 0.4) is 0 Å². The molecule has 47 heavy (non-hydrogen) atoms. The highest BCUT2D eigenvalue weighted by atomic mass is 19.1. The standard InChI is InChI=1S/C37H43FN6O3/c1-7-30-27(13-10-22(2)40-30)28-15-25(35(45)43-20-26-17-39-41(6)31(26)21-43)16-29-32(38)33(44(34(28)29)18-23-11-12-23)24-9-8-14-42(19-24)36(46)47-37(3,4)5/h9-10,13,15-17,23H,7-8,11-12,14,18-21H2,1-6H3. The minimum atomic E-state index is -0.630. The fraction of sp³-hybridized carbons (Fsp3) is 0.459. The first-order chi connectivity index (χ1) is 22.4. The van der Waals surface area contributed by atoms with Crippen LogP contribution < -0.4 is 0 Å². The summed E-state index contributed by atoms with van der Waals surface area (Å²) in [4.78, 5) is 35.6.